The number of aromatic nitrogens is 1. The molecule has 2 atom stereocenters. The second kappa shape index (κ2) is 6.82. The van der Waals surface area contributed by atoms with Crippen LogP contribution in [0.1, 0.15) is 16.7 Å². The molecule has 0 radical (unpaired) electrons. The lowest BCUT2D eigenvalue weighted by Gasteiger charge is -2.44. The Hall–Kier alpha value is -3.09. The fourth-order valence-corrected chi connectivity index (χ4v) is 3.90. The molecule has 0 saturated heterocycles. The molecule has 1 amide bonds. The predicted molar refractivity (Wildman–Crippen MR) is 103 cm³/mol. The third-order valence-electron chi connectivity index (χ3n) is 5.08. The van der Waals surface area contributed by atoms with Crippen molar-refractivity contribution in [2.45, 2.75) is 18.6 Å². The Balaban J connectivity index is 2.04. The standard InChI is InChI=1S/C22H19FN2O3/c1-14-12-24-13-18-19(14)22(27,15-7-4-3-5-8-15)20(28-2)21(26)25(18)17-10-6-9-16(23)11-17/h3-13,20,27H,1-2H3. The van der Waals surface area contributed by atoms with Crippen LogP contribution >= 0.6 is 0 Å². The fourth-order valence-electron chi connectivity index (χ4n) is 3.90. The number of carbonyl (C=O) groups is 1. The Morgan fingerprint density at radius 2 is 1.89 bits per heavy atom. The molecule has 0 aliphatic carbocycles. The SMILES string of the molecule is COC1C(=O)N(c2cccc(F)c2)c2cncc(C)c2C1(O)c1ccccc1. The molecule has 1 aliphatic heterocycles. The fraction of sp³-hybridized carbons (Fsp3) is 0.182. The van der Waals surface area contributed by atoms with Crippen molar-refractivity contribution in [1.29, 1.82) is 0 Å². The van der Waals surface area contributed by atoms with E-state index in [4.69, 9.17) is 4.74 Å². The molecule has 0 bridgehead atoms. The van der Waals surface area contributed by atoms with E-state index in [9.17, 15) is 14.3 Å². The molecule has 0 fully saturated rings. The van der Waals surface area contributed by atoms with Gasteiger partial charge in [0.1, 0.15) is 5.82 Å². The molecule has 3 aromatic rings. The van der Waals surface area contributed by atoms with Gasteiger partial charge in [0.05, 0.1) is 17.6 Å². The second-order valence-corrected chi connectivity index (χ2v) is 6.75. The van der Waals surface area contributed by atoms with Crippen molar-refractivity contribution in [3.8, 4) is 0 Å². The van der Waals surface area contributed by atoms with Crippen LogP contribution < -0.4 is 4.90 Å². The number of nitrogens with zero attached hydrogens (tertiary/aromatic N) is 2. The number of halogens is 1. The van der Waals surface area contributed by atoms with Crippen molar-refractivity contribution in [3.05, 3.63) is 89.5 Å². The minimum atomic E-state index is -1.71. The Morgan fingerprint density at radius 3 is 2.57 bits per heavy atom. The van der Waals surface area contributed by atoms with Crippen LogP contribution in [0.4, 0.5) is 15.8 Å². The Labute approximate surface area is 162 Å². The third kappa shape index (κ3) is 2.61. The van der Waals surface area contributed by atoms with E-state index in [1.807, 2.05) is 13.0 Å². The third-order valence-corrected chi connectivity index (χ3v) is 5.08. The van der Waals surface area contributed by atoms with E-state index in [0.29, 0.717) is 28.1 Å². The number of fused-ring (bicyclic) bond motifs is 1. The highest BCUT2D eigenvalue weighted by atomic mass is 19.1. The minimum absolute atomic E-state index is 0.343. The van der Waals surface area contributed by atoms with Gasteiger partial charge < -0.3 is 9.84 Å². The molecule has 1 aliphatic rings. The van der Waals surface area contributed by atoms with Crippen molar-refractivity contribution in [2.75, 3.05) is 12.0 Å². The number of anilines is 2. The monoisotopic (exact) mass is 378 g/mol. The second-order valence-electron chi connectivity index (χ2n) is 6.75. The van der Waals surface area contributed by atoms with Crippen LogP contribution in [0.3, 0.4) is 0 Å². The van der Waals surface area contributed by atoms with Gasteiger partial charge in [0.15, 0.2) is 11.7 Å². The molecule has 142 valence electrons. The lowest BCUT2D eigenvalue weighted by Crippen LogP contribution is -2.56. The van der Waals surface area contributed by atoms with Gasteiger partial charge >= 0.3 is 0 Å². The average Bonchev–Trinajstić information content (AvgIpc) is 2.69. The van der Waals surface area contributed by atoms with Gasteiger partial charge in [-0.2, -0.15) is 0 Å². The number of benzene rings is 2. The summed E-state index contributed by atoms with van der Waals surface area (Å²) in [6.45, 7) is 1.81. The molecule has 2 heterocycles. The summed E-state index contributed by atoms with van der Waals surface area (Å²) in [4.78, 5) is 19.0. The molecule has 28 heavy (non-hydrogen) atoms. The number of pyridine rings is 1. The summed E-state index contributed by atoms with van der Waals surface area (Å²) in [5.41, 5.74) is 0.763. The summed E-state index contributed by atoms with van der Waals surface area (Å²) in [7, 11) is 1.38. The van der Waals surface area contributed by atoms with E-state index in [1.165, 1.54) is 36.4 Å². The van der Waals surface area contributed by atoms with Crippen molar-refractivity contribution in [1.82, 2.24) is 4.98 Å². The normalized spacial score (nSPS) is 21.5. The van der Waals surface area contributed by atoms with Crippen LogP contribution in [0.25, 0.3) is 0 Å². The molecular weight excluding hydrogens is 359 g/mol. The quantitative estimate of drug-likeness (QED) is 0.758. The van der Waals surface area contributed by atoms with Gasteiger partial charge in [-0.05, 0) is 36.2 Å². The Morgan fingerprint density at radius 1 is 1.14 bits per heavy atom. The van der Waals surface area contributed by atoms with E-state index in [0.717, 1.165) is 0 Å². The summed E-state index contributed by atoms with van der Waals surface area (Å²) >= 11 is 0. The smallest absolute Gasteiger partial charge is 0.264 e. The predicted octanol–water partition coefficient (Wildman–Crippen LogP) is 3.46. The van der Waals surface area contributed by atoms with Crippen molar-refractivity contribution >= 4 is 17.3 Å². The van der Waals surface area contributed by atoms with Crippen molar-refractivity contribution in [2.24, 2.45) is 0 Å². The molecule has 0 saturated carbocycles. The number of methoxy groups -OCH3 is 1. The van der Waals surface area contributed by atoms with Gasteiger partial charge in [-0.3, -0.25) is 14.7 Å². The summed E-state index contributed by atoms with van der Waals surface area (Å²) in [5.74, 6) is -0.968. The largest absolute Gasteiger partial charge is 0.377 e. The molecule has 0 spiro atoms. The number of carbonyl (C=O) groups excluding carboxylic acids is 1. The summed E-state index contributed by atoms with van der Waals surface area (Å²) in [6.07, 6.45) is 1.91. The maximum atomic E-state index is 13.9. The lowest BCUT2D eigenvalue weighted by molar-refractivity contribution is -0.144. The van der Waals surface area contributed by atoms with Crippen LogP contribution in [0.5, 0.6) is 0 Å². The van der Waals surface area contributed by atoms with Gasteiger partial charge in [-0.1, -0.05) is 36.4 Å². The van der Waals surface area contributed by atoms with Crippen LogP contribution in [0.15, 0.2) is 67.0 Å². The Bertz CT molecular complexity index is 1040. The lowest BCUT2D eigenvalue weighted by atomic mass is 9.76. The number of amides is 1. The zero-order valence-corrected chi connectivity index (χ0v) is 15.5. The molecule has 6 heteroatoms. The van der Waals surface area contributed by atoms with E-state index in [2.05, 4.69) is 4.98 Å². The topological polar surface area (TPSA) is 62.7 Å². The van der Waals surface area contributed by atoms with Crippen molar-refractivity contribution < 1.29 is 19.0 Å². The van der Waals surface area contributed by atoms with Crippen LogP contribution in [-0.2, 0) is 15.1 Å². The van der Waals surface area contributed by atoms with Crippen molar-refractivity contribution in [3.63, 3.8) is 0 Å². The summed E-state index contributed by atoms with van der Waals surface area (Å²) < 4.78 is 19.4. The number of hydrogen-bond donors (Lipinski definition) is 1. The Kier molecular flexibility index (Phi) is 4.45. The first kappa shape index (κ1) is 18.3. The molecule has 5 nitrogen and oxygen atoms in total. The van der Waals surface area contributed by atoms with Crippen LogP contribution in [0, 0.1) is 12.7 Å². The molecule has 1 N–H and O–H groups in total. The molecule has 4 rings (SSSR count). The summed E-state index contributed by atoms with van der Waals surface area (Å²) in [5, 5.41) is 11.9. The molecule has 2 unspecified atom stereocenters. The van der Waals surface area contributed by atoms with Crippen LogP contribution in [0.2, 0.25) is 0 Å². The zero-order valence-electron chi connectivity index (χ0n) is 15.5. The average molecular weight is 378 g/mol. The number of aryl methyl sites for hydroxylation is 1. The van der Waals surface area contributed by atoms with Gasteiger partial charge in [0.25, 0.3) is 5.91 Å². The molecule has 2 aromatic carbocycles. The maximum absolute atomic E-state index is 13.9. The highest BCUT2D eigenvalue weighted by molar-refractivity contribution is 6.07. The highest BCUT2D eigenvalue weighted by Gasteiger charge is 2.53. The first-order valence-corrected chi connectivity index (χ1v) is 8.83. The van der Waals surface area contributed by atoms with E-state index in [1.54, 1.807) is 36.5 Å². The van der Waals surface area contributed by atoms with E-state index < -0.39 is 23.4 Å². The first-order chi connectivity index (χ1) is 13.5. The number of hydrogen-bond acceptors (Lipinski definition) is 4. The number of aliphatic hydroxyl groups is 1. The van der Waals surface area contributed by atoms with Gasteiger partial charge in [0.2, 0.25) is 0 Å². The molecular formula is C22H19FN2O3. The number of rotatable bonds is 3. The van der Waals surface area contributed by atoms with Gasteiger partial charge in [-0.25, -0.2) is 4.39 Å². The number of ether oxygens (including phenoxy) is 1. The van der Waals surface area contributed by atoms with Gasteiger partial charge in [-0.15, -0.1) is 0 Å². The van der Waals surface area contributed by atoms with E-state index in [-0.39, 0.29) is 0 Å². The highest BCUT2D eigenvalue weighted by Crippen LogP contribution is 2.47. The first-order valence-electron chi connectivity index (χ1n) is 8.83. The summed E-state index contributed by atoms with van der Waals surface area (Å²) in [6, 6.07) is 14.7. The minimum Gasteiger partial charge on any atom is -0.377 e. The molecule has 1 aromatic heterocycles. The zero-order chi connectivity index (χ0) is 19.9. The van der Waals surface area contributed by atoms with E-state index >= 15 is 0 Å². The maximum Gasteiger partial charge on any atom is 0.264 e. The van der Waals surface area contributed by atoms with Gasteiger partial charge in [0, 0.05) is 18.9 Å². The van der Waals surface area contributed by atoms with Crippen LogP contribution in [-0.4, -0.2) is 29.2 Å².